The second-order valence-corrected chi connectivity index (χ2v) is 6.53. The van der Waals surface area contributed by atoms with Gasteiger partial charge in [0.1, 0.15) is 5.69 Å². The van der Waals surface area contributed by atoms with E-state index in [0.29, 0.717) is 11.3 Å². The fourth-order valence-electron chi connectivity index (χ4n) is 3.73. The number of benzene rings is 1. The fourth-order valence-corrected chi connectivity index (χ4v) is 3.73. The van der Waals surface area contributed by atoms with Crippen molar-refractivity contribution in [3.05, 3.63) is 60.2 Å². The lowest BCUT2D eigenvalue weighted by molar-refractivity contribution is -0.131. The normalized spacial score (nSPS) is 17.4. The zero-order chi connectivity index (χ0) is 17.5. The number of para-hydroxylation sites is 1. The minimum absolute atomic E-state index is 0.0410. The van der Waals surface area contributed by atoms with Gasteiger partial charge in [-0.3, -0.25) is 9.20 Å². The first kappa shape index (κ1) is 15.1. The average Bonchev–Trinajstić information content (AvgIpc) is 3.39. The third-order valence-corrected chi connectivity index (χ3v) is 4.98. The van der Waals surface area contributed by atoms with Crippen LogP contribution in [0.5, 0.6) is 0 Å². The van der Waals surface area contributed by atoms with Gasteiger partial charge in [0, 0.05) is 18.1 Å². The summed E-state index contributed by atoms with van der Waals surface area (Å²) in [5.41, 5.74) is 2.18. The molecule has 1 fully saturated rings. The van der Waals surface area contributed by atoms with Gasteiger partial charge in [-0.2, -0.15) is 0 Å². The Labute approximate surface area is 149 Å². The molecule has 0 N–H and O–H groups in total. The zero-order valence-electron chi connectivity index (χ0n) is 14.1. The van der Waals surface area contributed by atoms with Gasteiger partial charge >= 0.3 is 0 Å². The molecule has 1 aromatic carbocycles. The van der Waals surface area contributed by atoms with Gasteiger partial charge in [-0.15, -0.1) is 10.2 Å². The first-order valence-electron chi connectivity index (χ1n) is 8.74. The number of fused-ring (bicyclic) bond motifs is 2. The van der Waals surface area contributed by atoms with Gasteiger partial charge in [0.2, 0.25) is 5.91 Å². The van der Waals surface area contributed by atoms with Crippen LogP contribution in [0.1, 0.15) is 30.4 Å². The van der Waals surface area contributed by atoms with Crippen LogP contribution < -0.4 is 0 Å². The number of carbonyl (C=O) groups is 1. The molecule has 4 aromatic rings. The highest BCUT2D eigenvalue weighted by atomic mass is 16.5. The van der Waals surface area contributed by atoms with Crippen LogP contribution in [0.3, 0.4) is 0 Å². The smallest absolute Gasteiger partial charge is 0.229 e. The largest absolute Gasteiger partial charge is 0.356 e. The third kappa shape index (κ3) is 2.35. The molecule has 26 heavy (non-hydrogen) atoms. The highest BCUT2D eigenvalue weighted by molar-refractivity contribution is 5.86. The molecule has 3 aromatic heterocycles. The van der Waals surface area contributed by atoms with E-state index in [-0.39, 0.29) is 18.4 Å². The molecule has 0 spiro atoms. The summed E-state index contributed by atoms with van der Waals surface area (Å²) in [5, 5.41) is 13.5. The Balaban J connectivity index is 1.44. The zero-order valence-corrected chi connectivity index (χ0v) is 14.1. The van der Waals surface area contributed by atoms with E-state index in [0.717, 1.165) is 36.2 Å². The van der Waals surface area contributed by atoms with Crippen molar-refractivity contribution >= 4 is 22.5 Å². The van der Waals surface area contributed by atoms with Gasteiger partial charge in [-0.05, 0) is 37.1 Å². The molecule has 0 bridgehead atoms. The van der Waals surface area contributed by atoms with E-state index in [1.54, 1.807) is 0 Å². The Kier molecular flexibility index (Phi) is 3.44. The number of nitrogens with zero attached hydrogens (tertiary/aromatic N) is 5. The van der Waals surface area contributed by atoms with Crippen molar-refractivity contribution in [2.75, 3.05) is 6.54 Å². The van der Waals surface area contributed by atoms with E-state index in [1.165, 1.54) is 0 Å². The van der Waals surface area contributed by atoms with E-state index in [4.69, 9.17) is 4.52 Å². The molecule has 1 aliphatic rings. The van der Waals surface area contributed by atoms with Gasteiger partial charge < -0.3 is 9.42 Å². The number of carbonyl (C=O) groups excluding carboxylic acids is 1. The van der Waals surface area contributed by atoms with Crippen molar-refractivity contribution in [1.82, 2.24) is 24.7 Å². The van der Waals surface area contributed by atoms with Crippen molar-refractivity contribution in [2.45, 2.75) is 25.3 Å². The molecule has 1 saturated heterocycles. The fraction of sp³-hybridized carbons (Fsp3) is 0.263. The summed E-state index contributed by atoms with van der Waals surface area (Å²) in [4.78, 5) is 14.9. The van der Waals surface area contributed by atoms with Crippen LogP contribution >= 0.6 is 0 Å². The molecule has 1 atom stereocenters. The second kappa shape index (κ2) is 5.94. The lowest BCUT2D eigenvalue weighted by Crippen LogP contribution is -2.32. The van der Waals surface area contributed by atoms with Crippen molar-refractivity contribution in [3.8, 4) is 0 Å². The number of amides is 1. The Morgan fingerprint density at radius 3 is 3.00 bits per heavy atom. The summed E-state index contributed by atoms with van der Waals surface area (Å²) in [6, 6.07) is 13.3. The van der Waals surface area contributed by atoms with E-state index in [2.05, 4.69) is 15.4 Å². The third-order valence-electron chi connectivity index (χ3n) is 4.98. The molecule has 1 amide bonds. The standard InChI is InChI=1S/C19H17N5O2/c25-18(12-14-13-6-1-2-8-16(13)26-22-14)23-11-5-7-15(23)19-21-20-17-9-3-4-10-24(17)19/h1-4,6,8-10,15H,5,7,11-12H2/t15-/m1/s1. The maximum Gasteiger partial charge on any atom is 0.229 e. The number of likely N-dealkylation sites (tertiary alicyclic amines) is 1. The SMILES string of the molecule is O=C(Cc1noc2ccccc12)N1CCC[C@@H]1c1nnc2ccccn12. The molecule has 5 rings (SSSR count). The van der Waals surface area contributed by atoms with E-state index >= 15 is 0 Å². The number of pyridine rings is 1. The number of aromatic nitrogens is 4. The predicted molar refractivity (Wildman–Crippen MR) is 94.4 cm³/mol. The Bertz CT molecular complexity index is 1100. The maximum atomic E-state index is 13.0. The molecular formula is C19H17N5O2. The van der Waals surface area contributed by atoms with Crippen LogP contribution in [-0.4, -0.2) is 37.1 Å². The van der Waals surface area contributed by atoms with Crippen molar-refractivity contribution in [3.63, 3.8) is 0 Å². The highest BCUT2D eigenvalue weighted by Crippen LogP contribution is 2.32. The van der Waals surface area contributed by atoms with Gasteiger partial charge in [-0.1, -0.05) is 23.4 Å². The first-order valence-corrected chi connectivity index (χ1v) is 8.74. The Morgan fingerprint density at radius 1 is 1.15 bits per heavy atom. The summed E-state index contributed by atoms with van der Waals surface area (Å²) >= 11 is 0. The van der Waals surface area contributed by atoms with Gasteiger partial charge in [0.25, 0.3) is 0 Å². The minimum atomic E-state index is -0.0573. The molecule has 0 saturated carbocycles. The number of hydrogen-bond donors (Lipinski definition) is 0. The van der Waals surface area contributed by atoms with Crippen LogP contribution in [0.25, 0.3) is 16.6 Å². The van der Waals surface area contributed by atoms with Crippen molar-refractivity contribution in [1.29, 1.82) is 0 Å². The quantitative estimate of drug-likeness (QED) is 0.569. The Morgan fingerprint density at radius 2 is 2.04 bits per heavy atom. The molecule has 130 valence electrons. The van der Waals surface area contributed by atoms with Crippen molar-refractivity contribution < 1.29 is 9.32 Å². The number of rotatable bonds is 3. The average molecular weight is 347 g/mol. The van der Waals surface area contributed by atoms with Crippen LogP contribution in [0.4, 0.5) is 0 Å². The molecular weight excluding hydrogens is 330 g/mol. The molecule has 0 radical (unpaired) electrons. The van der Waals surface area contributed by atoms with Crippen LogP contribution in [0, 0.1) is 0 Å². The van der Waals surface area contributed by atoms with Gasteiger partial charge in [0.15, 0.2) is 17.1 Å². The lowest BCUT2D eigenvalue weighted by Gasteiger charge is -2.23. The van der Waals surface area contributed by atoms with Gasteiger partial charge in [-0.25, -0.2) is 0 Å². The molecule has 7 heteroatoms. The molecule has 7 nitrogen and oxygen atoms in total. The maximum absolute atomic E-state index is 13.0. The van der Waals surface area contributed by atoms with E-state index in [1.807, 2.05) is 58.0 Å². The van der Waals surface area contributed by atoms with E-state index < -0.39 is 0 Å². The highest BCUT2D eigenvalue weighted by Gasteiger charge is 2.33. The van der Waals surface area contributed by atoms with Crippen molar-refractivity contribution in [2.24, 2.45) is 0 Å². The van der Waals surface area contributed by atoms with E-state index in [9.17, 15) is 4.79 Å². The minimum Gasteiger partial charge on any atom is -0.356 e. The second-order valence-electron chi connectivity index (χ2n) is 6.53. The summed E-state index contributed by atoms with van der Waals surface area (Å²) < 4.78 is 7.28. The molecule has 0 unspecified atom stereocenters. The van der Waals surface area contributed by atoms with Gasteiger partial charge in [0.05, 0.1) is 12.5 Å². The monoisotopic (exact) mass is 347 g/mol. The topological polar surface area (TPSA) is 76.5 Å². The number of hydrogen-bond acceptors (Lipinski definition) is 5. The lowest BCUT2D eigenvalue weighted by atomic mass is 10.1. The van der Waals surface area contributed by atoms with Crippen LogP contribution in [0.15, 0.2) is 53.2 Å². The predicted octanol–water partition coefficient (Wildman–Crippen LogP) is 2.78. The molecule has 1 aliphatic heterocycles. The Hall–Kier alpha value is -3.22. The van der Waals surface area contributed by atoms with Crippen LogP contribution in [0.2, 0.25) is 0 Å². The summed E-state index contributed by atoms with van der Waals surface area (Å²) in [6.45, 7) is 0.723. The summed E-state index contributed by atoms with van der Waals surface area (Å²) in [6.07, 6.45) is 4.01. The molecule has 4 heterocycles. The van der Waals surface area contributed by atoms with Crippen LogP contribution in [-0.2, 0) is 11.2 Å². The summed E-state index contributed by atoms with van der Waals surface area (Å²) in [5.74, 6) is 0.857. The first-order chi connectivity index (χ1) is 12.8. The summed E-state index contributed by atoms with van der Waals surface area (Å²) in [7, 11) is 0. The molecule has 0 aliphatic carbocycles.